The van der Waals surface area contributed by atoms with Crippen molar-refractivity contribution in [1.29, 1.82) is 0 Å². The third kappa shape index (κ3) is 12.2. The molecule has 4 heteroatoms. The average molecular weight is 561 g/mol. The highest BCUT2D eigenvalue weighted by Gasteiger charge is 2.59. The lowest BCUT2D eigenvalue weighted by atomic mass is 9.52. The molecule has 0 aromatic carbocycles. The van der Waals surface area contributed by atoms with E-state index in [4.69, 9.17) is 9.47 Å². The molecule has 4 bridgehead atoms. The van der Waals surface area contributed by atoms with E-state index in [0.29, 0.717) is 11.6 Å². The van der Waals surface area contributed by atoms with Crippen LogP contribution in [0.25, 0.3) is 0 Å². The van der Waals surface area contributed by atoms with Gasteiger partial charge in [-0.2, -0.15) is 0 Å². The molecule has 4 rings (SSSR count). The fourth-order valence-corrected chi connectivity index (χ4v) is 8.31. The van der Waals surface area contributed by atoms with Gasteiger partial charge in [-0.25, -0.2) is 0 Å². The maximum Gasteiger partial charge on any atom is 0.132 e. The largest absolute Gasteiger partial charge is 0.375 e. The van der Waals surface area contributed by atoms with E-state index in [0.717, 1.165) is 109 Å². The topological polar surface area (TPSA) is 52.6 Å². The molecule has 0 spiro atoms. The lowest BCUT2D eigenvalue weighted by Crippen LogP contribution is -2.61. The molecule has 4 nitrogen and oxygen atoms in total. The van der Waals surface area contributed by atoms with Gasteiger partial charge in [0, 0.05) is 45.3 Å². The average Bonchev–Trinajstić information content (AvgIpc) is 2.91. The first kappa shape index (κ1) is 33.8. The van der Waals surface area contributed by atoms with Gasteiger partial charge in [-0.05, 0) is 82.5 Å². The fourth-order valence-electron chi connectivity index (χ4n) is 8.31. The Bertz CT molecular complexity index is 646. The van der Waals surface area contributed by atoms with Gasteiger partial charge in [-0.1, -0.05) is 78.1 Å². The summed E-state index contributed by atoms with van der Waals surface area (Å²) in [5, 5.41) is 0. The Balaban J connectivity index is 1.24. The number of Topliss-reactive ketones (excluding diaryl/α,β-unsaturated/α-hetero) is 2. The molecule has 4 aliphatic rings. The van der Waals surface area contributed by atoms with Gasteiger partial charge in [0.1, 0.15) is 11.6 Å². The summed E-state index contributed by atoms with van der Waals surface area (Å²) in [6, 6.07) is 0. The molecule has 0 N–H and O–H groups in total. The second-order valence-corrected chi connectivity index (χ2v) is 14.1. The van der Waals surface area contributed by atoms with Crippen molar-refractivity contribution < 1.29 is 19.1 Å². The first-order chi connectivity index (χ1) is 19.5. The van der Waals surface area contributed by atoms with Crippen LogP contribution in [0.5, 0.6) is 0 Å². The van der Waals surface area contributed by atoms with Gasteiger partial charge >= 0.3 is 0 Å². The van der Waals surface area contributed by atoms with Crippen molar-refractivity contribution in [2.75, 3.05) is 13.2 Å². The quantitative estimate of drug-likeness (QED) is 0.0988. The lowest BCUT2D eigenvalue weighted by molar-refractivity contribution is -0.237. The van der Waals surface area contributed by atoms with E-state index in [-0.39, 0.29) is 11.2 Å². The predicted molar refractivity (Wildman–Crippen MR) is 166 cm³/mol. The maximum atomic E-state index is 12.0. The van der Waals surface area contributed by atoms with Crippen LogP contribution < -0.4 is 0 Å². The molecular weight excluding hydrogens is 496 g/mol. The summed E-state index contributed by atoms with van der Waals surface area (Å²) in [4.78, 5) is 24.1. The van der Waals surface area contributed by atoms with Crippen LogP contribution in [0.4, 0.5) is 0 Å². The van der Waals surface area contributed by atoms with E-state index in [9.17, 15) is 9.59 Å². The van der Waals surface area contributed by atoms with Crippen LogP contribution in [0.15, 0.2) is 0 Å². The van der Waals surface area contributed by atoms with E-state index in [1.165, 1.54) is 83.5 Å². The molecule has 0 saturated heterocycles. The van der Waals surface area contributed by atoms with Gasteiger partial charge < -0.3 is 9.47 Å². The number of ketones is 2. The Morgan fingerprint density at radius 1 is 0.525 bits per heavy atom. The van der Waals surface area contributed by atoms with Crippen LogP contribution in [0.1, 0.15) is 181 Å². The molecule has 0 radical (unpaired) electrons. The maximum absolute atomic E-state index is 12.0. The number of carbonyl (C=O) groups excluding carboxylic acids is 2. The summed E-state index contributed by atoms with van der Waals surface area (Å²) < 4.78 is 13.4. The highest BCUT2D eigenvalue weighted by molar-refractivity contribution is 5.78. The molecule has 0 aliphatic heterocycles. The highest BCUT2D eigenvalue weighted by Crippen LogP contribution is 2.60. The minimum atomic E-state index is 0.0655. The fraction of sp³-hybridized carbons (Fsp3) is 0.944. The Morgan fingerprint density at radius 3 is 1.25 bits per heavy atom. The molecule has 232 valence electrons. The van der Waals surface area contributed by atoms with Crippen LogP contribution in [0.2, 0.25) is 0 Å². The number of ether oxygens (including phenoxy) is 2. The molecule has 0 aromatic heterocycles. The van der Waals surface area contributed by atoms with Gasteiger partial charge in [-0.15, -0.1) is 0 Å². The van der Waals surface area contributed by atoms with E-state index >= 15 is 0 Å². The molecule has 0 aromatic rings. The summed E-state index contributed by atoms with van der Waals surface area (Å²) in [5.74, 6) is 2.50. The Labute approximate surface area is 247 Å². The second kappa shape index (κ2) is 18.7. The Hall–Kier alpha value is -0.740. The minimum Gasteiger partial charge on any atom is -0.375 e. The zero-order chi connectivity index (χ0) is 28.5. The van der Waals surface area contributed by atoms with Gasteiger partial charge in [-0.3, -0.25) is 9.59 Å². The van der Waals surface area contributed by atoms with Crippen molar-refractivity contribution in [3.05, 3.63) is 0 Å². The number of rotatable bonds is 26. The second-order valence-electron chi connectivity index (χ2n) is 14.1. The van der Waals surface area contributed by atoms with Crippen molar-refractivity contribution >= 4 is 11.6 Å². The molecule has 4 saturated carbocycles. The molecule has 4 fully saturated rings. The van der Waals surface area contributed by atoms with Crippen molar-refractivity contribution in [2.45, 2.75) is 192 Å². The zero-order valence-corrected chi connectivity index (χ0v) is 26.6. The van der Waals surface area contributed by atoms with Crippen molar-refractivity contribution in [2.24, 2.45) is 11.8 Å². The summed E-state index contributed by atoms with van der Waals surface area (Å²) in [6.07, 6.45) is 29.2. The highest BCUT2D eigenvalue weighted by atomic mass is 16.5. The van der Waals surface area contributed by atoms with Crippen LogP contribution in [0.3, 0.4) is 0 Å². The first-order valence-electron chi connectivity index (χ1n) is 17.8. The van der Waals surface area contributed by atoms with Crippen LogP contribution in [0, 0.1) is 11.8 Å². The van der Waals surface area contributed by atoms with Crippen molar-refractivity contribution in [3.8, 4) is 0 Å². The summed E-state index contributed by atoms with van der Waals surface area (Å²) in [5.41, 5.74) is 0.131. The summed E-state index contributed by atoms with van der Waals surface area (Å²) in [7, 11) is 0. The van der Waals surface area contributed by atoms with Gasteiger partial charge in [0.2, 0.25) is 0 Å². The lowest BCUT2D eigenvalue weighted by Gasteiger charge is -2.61. The molecule has 0 amide bonds. The number of hydrogen-bond acceptors (Lipinski definition) is 4. The van der Waals surface area contributed by atoms with Crippen LogP contribution in [-0.4, -0.2) is 36.0 Å². The standard InChI is InChI=1S/C36H64O4/c1-3-5-7-13-19-33(37)21-15-9-11-17-23-39-35-26-31-25-32(27-35)29-36(28-31,30-35)40-24-18-12-10-16-22-34(38)20-14-8-6-4-2/h31-32H,3-30H2,1-2H3. The third-order valence-corrected chi connectivity index (χ3v) is 10.1. The summed E-state index contributed by atoms with van der Waals surface area (Å²) in [6.45, 7) is 6.18. The minimum absolute atomic E-state index is 0.0655. The molecule has 40 heavy (non-hydrogen) atoms. The Kier molecular flexibility index (Phi) is 15.8. The van der Waals surface area contributed by atoms with Crippen molar-refractivity contribution in [1.82, 2.24) is 0 Å². The SMILES string of the molecule is CCCCCCC(=O)CCCCCCOC12CC3CC(C1)CC(OCCCCCCC(=O)CCCCCC)(C3)C2. The van der Waals surface area contributed by atoms with E-state index in [1.807, 2.05) is 0 Å². The smallest absolute Gasteiger partial charge is 0.132 e. The van der Waals surface area contributed by atoms with Crippen LogP contribution >= 0.6 is 0 Å². The molecule has 0 atom stereocenters. The monoisotopic (exact) mass is 560 g/mol. The number of carbonyl (C=O) groups is 2. The first-order valence-corrected chi connectivity index (χ1v) is 17.8. The van der Waals surface area contributed by atoms with Gasteiger partial charge in [0.15, 0.2) is 0 Å². The van der Waals surface area contributed by atoms with Crippen molar-refractivity contribution in [3.63, 3.8) is 0 Å². The molecule has 0 heterocycles. The molecule has 0 unspecified atom stereocenters. The molecule has 4 aliphatic carbocycles. The Morgan fingerprint density at radius 2 is 0.875 bits per heavy atom. The predicted octanol–water partition coefficient (Wildman–Crippen LogP) is 10.1. The van der Waals surface area contributed by atoms with E-state index < -0.39 is 0 Å². The van der Waals surface area contributed by atoms with Gasteiger partial charge in [0.25, 0.3) is 0 Å². The zero-order valence-electron chi connectivity index (χ0n) is 26.6. The number of unbranched alkanes of at least 4 members (excludes halogenated alkanes) is 12. The van der Waals surface area contributed by atoms with Gasteiger partial charge in [0.05, 0.1) is 11.2 Å². The van der Waals surface area contributed by atoms with E-state index in [2.05, 4.69) is 13.8 Å². The summed E-state index contributed by atoms with van der Waals surface area (Å²) >= 11 is 0. The number of hydrogen-bond donors (Lipinski definition) is 0. The van der Waals surface area contributed by atoms with Crippen LogP contribution in [-0.2, 0) is 19.1 Å². The van der Waals surface area contributed by atoms with E-state index in [1.54, 1.807) is 0 Å². The third-order valence-electron chi connectivity index (χ3n) is 10.1. The normalized spacial score (nSPS) is 26.9. The molecular formula is C36H64O4.